The molecule has 0 bridgehead atoms. The van der Waals surface area contributed by atoms with Crippen molar-refractivity contribution >= 4 is 23.8 Å². The minimum Gasteiger partial charge on any atom is -0.344 e. The molecule has 1 aromatic rings. The van der Waals surface area contributed by atoms with Crippen LogP contribution in [0.2, 0.25) is 0 Å². The van der Waals surface area contributed by atoms with Crippen LogP contribution >= 0.6 is 0 Å². The predicted molar refractivity (Wildman–Crippen MR) is 92.3 cm³/mol. The van der Waals surface area contributed by atoms with Crippen LogP contribution in [0, 0.1) is 0 Å². The van der Waals surface area contributed by atoms with Gasteiger partial charge in [-0.25, -0.2) is 0 Å². The van der Waals surface area contributed by atoms with Gasteiger partial charge in [0.2, 0.25) is 17.7 Å². The first-order valence-corrected chi connectivity index (χ1v) is 8.32. The number of carbonyl (C=O) groups is 3. The monoisotopic (exact) mass is 383 g/mol. The van der Waals surface area contributed by atoms with Gasteiger partial charge in [0.15, 0.2) is 0 Å². The lowest BCUT2D eigenvalue weighted by atomic mass is 10.1. The number of rotatable bonds is 4. The van der Waals surface area contributed by atoms with Gasteiger partial charge in [0.1, 0.15) is 0 Å². The minimum atomic E-state index is -4.41. The highest BCUT2D eigenvalue weighted by molar-refractivity contribution is 5.95. The smallest absolute Gasteiger partial charge is 0.344 e. The quantitative estimate of drug-likeness (QED) is 0.802. The lowest BCUT2D eigenvalue weighted by Crippen LogP contribution is -2.43. The summed E-state index contributed by atoms with van der Waals surface area (Å²) in [4.78, 5) is 38.6. The minimum absolute atomic E-state index is 0.0212. The molecule has 1 heterocycles. The first-order chi connectivity index (χ1) is 12.7. The Labute approximate surface area is 154 Å². The summed E-state index contributed by atoms with van der Waals surface area (Å²) in [6.07, 6.45) is -1.26. The second-order valence-electron chi connectivity index (χ2n) is 6.16. The molecule has 2 rings (SSSR count). The Balaban J connectivity index is 1.84. The molecule has 0 spiro atoms. The molecule has 146 valence electrons. The molecule has 1 saturated heterocycles. The molecule has 0 radical (unpaired) electrons. The zero-order valence-electron chi connectivity index (χ0n) is 14.8. The Morgan fingerprint density at radius 3 is 2.48 bits per heavy atom. The number of hydrogen-bond donors (Lipinski definition) is 1. The average Bonchev–Trinajstić information content (AvgIpc) is 2.79. The van der Waals surface area contributed by atoms with Crippen molar-refractivity contribution in [1.82, 2.24) is 15.1 Å². The Hall–Kier alpha value is -2.84. The summed E-state index contributed by atoms with van der Waals surface area (Å²) in [5, 5.41) is 2.41. The van der Waals surface area contributed by atoms with E-state index in [2.05, 4.69) is 5.32 Å². The number of hydrogen-bond acceptors (Lipinski definition) is 3. The molecule has 1 aliphatic heterocycles. The van der Waals surface area contributed by atoms with E-state index < -0.39 is 17.6 Å². The van der Waals surface area contributed by atoms with Gasteiger partial charge in [-0.05, 0) is 30.2 Å². The highest BCUT2D eigenvalue weighted by Gasteiger charge is 2.29. The zero-order valence-corrected chi connectivity index (χ0v) is 14.8. The van der Waals surface area contributed by atoms with Crippen molar-refractivity contribution in [3.8, 4) is 0 Å². The first-order valence-electron chi connectivity index (χ1n) is 8.32. The van der Waals surface area contributed by atoms with E-state index in [9.17, 15) is 27.6 Å². The van der Waals surface area contributed by atoms with Gasteiger partial charge in [-0.3, -0.25) is 14.4 Å². The molecule has 9 heteroatoms. The lowest BCUT2D eigenvalue weighted by molar-refractivity contribution is -0.138. The number of benzene rings is 1. The molecule has 3 amide bonds. The van der Waals surface area contributed by atoms with E-state index in [0.29, 0.717) is 25.1 Å². The normalized spacial score (nSPS) is 15.8. The molecule has 0 aromatic heterocycles. The summed E-state index contributed by atoms with van der Waals surface area (Å²) in [6.45, 7) is 0.733. The van der Waals surface area contributed by atoms with Crippen molar-refractivity contribution in [1.29, 1.82) is 0 Å². The topological polar surface area (TPSA) is 69.7 Å². The highest BCUT2D eigenvalue weighted by Crippen LogP contribution is 2.29. The molecule has 0 atom stereocenters. The number of alkyl halides is 3. The summed E-state index contributed by atoms with van der Waals surface area (Å²) in [6, 6.07) is 4.34. The third kappa shape index (κ3) is 6.12. The highest BCUT2D eigenvalue weighted by atomic mass is 19.4. The molecule has 0 aliphatic carbocycles. The van der Waals surface area contributed by atoms with Gasteiger partial charge in [0, 0.05) is 26.2 Å². The Bertz CT molecular complexity index is 730. The van der Waals surface area contributed by atoms with E-state index in [4.69, 9.17) is 0 Å². The van der Waals surface area contributed by atoms with Crippen molar-refractivity contribution in [2.45, 2.75) is 12.6 Å². The largest absolute Gasteiger partial charge is 0.416 e. The maximum Gasteiger partial charge on any atom is 0.416 e. The van der Waals surface area contributed by atoms with Gasteiger partial charge in [-0.2, -0.15) is 13.2 Å². The van der Waals surface area contributed by atoms with Gasteiger partial charge in [-0.1, -0.05) is 12.1 Å². The van der Waals surface area contributed by atoms with Crippen molar-refractivity contribution in [2.75, 3.05) is 33.2 Å². The fraction of sp³-hybridized carbons (Fsp3) is 0.389. The van der Waals surface area contributed by atoms with Crippen LogP contribution < -0.4 is 5.32 Å². The summed E-state index contributed by atoms with van der Waals surface area (Å²) >= 11 is 0. The average molecular weight is 383 g/mol. The Kier molecular flexibility index (Phi) is 6.59. The Morgan fingerprint density at radius 2 is 1.85 bits per heavy atom. The van der Waals surface area contributed by atoms with Gasteiger partial charge in [0.25, 0.3) is 0 Å². The molecule has 6 nitrogen and oxygen atoms in total. The molecule has 0 unspecified atom stereocenters. The molecular weight excluding hydrogens is 363 g/mol. The predicted octanol–water partition coefficient (Wildman–Crippen LogP) is 1.53. The molecule has 1 aliphatic rings. The molecular formula is C18H20F3N3O3. The summed E-state index contributed by atoms with van der Waals surface area (Å²) in [5.74, 6) is -1.08. The molecule has 1 aromatic carbocycles. The molecule has 27 heavy (non-hydrogen) atoms. The Morgan fingerprint density at radius 1 is 1.19 bits per heavy atom. The van der Waals surface area contributed by atoms with Crippen LogP contribution in [-0.2, 0) is 20.6 Å². The van der Waals surface area contributed by atoms with E-state index in [0.717, 1.165) is 18.2 Å². The lowest BCUT2D eigenvalue weighted by Gasteiger charge is -2.19. The van der Waals surface area contributed by atoms with Gasteiger partial charge in [-0.15, -0.1) is 0 Å². The van der Waals surface area contributed by atoms with Crippen LogP contribution in [0.25, 0.3) is 6.08 Å². The van der Waals surface area contributed by atoms with Crippen LogP contribution in [0.5, 0.6) is 0 Å². The number of amides is 3. The van der Waals surface area contributed by atoms with Gasteiger partial charge >= 0.3 is 6.18 Å². The standard InChI is InChI=1S/C18H20F3N3O3/c1-23-9-2-10-24(12-17(23)27)16(26)11-22-15(25)8-5-13-3-6-14(7-4-13)18(19,20)21/h3-8H,2,9-12H2,1H3,(H,22,25)/b8-5+. The van der Waals surface area contributed by atoms with Crippen LogP contribution in [-0.4, -0.2) is 60.7 Å². The summed E-state index contributed by atoms with van der Waals surface area (Å²) in [7, 11) is 1.67. The van der Waals surface area contributed by atoms with Crippen molar-refractivity contribution in [3.63, 3.8) is 0 Å². The first kappa shape index (κ1) is 20.5. The van der Waals surface area contributed by atoms with Crippen molar-refractivity contribution in [3.05, 3.63) is 41.5 Å². The van der Waals surface area contributed by atoms with Crippen LogP contribution in [0.15, 0.2) is 30.3 Å². The number of nitrogens with one attached hydrogen (secondary N) is 1. The maximum absolute atomic E-state index is 12.5. The summed E-state index contributed by atoms with van der Waals surface area (Å²) < 4.78 is 37.5. The second-order valence-corrected chi connectivity index (χ2v) is 6.16. The van der Waals surface area contributed by atoms with E-state index >= 15 is 0 Å². The van der Waals surface area contributed by atoms with Crippen molar-refractivity contribution < 1.29 is 27.6 Å². The second kappa shape index (κ2) is 8.70. The zero-order chi connectivity index (χ0) is 20.0. The molecule has 1 fully saturated rings. The molecule has 1 N–H and O–H groups in total. The third-order valence-corrected chi connectivity index (χ3v) is 4.11. The maximum atomic E-state index is 12.5. The fourth-order valence-corrected chi connectivity index (χ4v) is 2.49. The SMILES string of the molecule is CN1CCCN(C(=O)CNC(=O)/C=C/c2ccc(C(F)(F)F)cc2)CC1=O. The van der Waals surface area contributed by atoms with E-state index in [1.165, 1.54) is 23.1 Å². The van der Waals surface area contributed by atoms with E-state index in [-0.39, 0.29) is 24.9 Å². The number of likely N-dealkylation sites (N-methyl/N-ethyl adjacent to an activating group) is 1. The number of nitrogens with zero attached hydrogens (tertiary/aromatic N) is 2. The summed E-state index contributed by atoms with van der Waals surface area (Å²) in [5.41, 5.74) is -0.349. The fourth-order valence-electron chi connectivity index (χ4n) is 2.49. The third-order valence-electron chi connectivity index (χ3n) is 4.11. The van der Waals surface area contributed by atoms with E-state index in [1.807, 2.05) is 0 Å². The number of carbonyl (C=O) groups excluding carboxylic acids is 3. The van der Waals surface area contributed by atoms with Gasteiger partial charge in [0.05, 0.1) is 18.7 Å². The van der Waals surface area contributed by atoms with Crippen molar-refractivity contribution in [2.24, 2.45) is 0 Å². The van der Waals surface area contributed by atoms with Crippen LogP contribution in [0.1, 0.15) is 17.5 Å². The number of halogens is 3. The van der Waals surface area contributed by atoms with Crippen LogP contribution in [0.3, 0.4) is 0 Å². The van der Waals surface area contributed by atoms with Gasteiger partial charge < -0.3 is 15.1 Å². The van der Waals surface area contributed by atoms with E-state index in [1.54, 1.807) is 11.9 Å². The molecule has 0 saturated carbocycles. The van der Waals surface area contributed by atoms with Crippen LogP contribution in [0.4, 0.5) is 13.2 Å².